The second kappa shape index (κ2) is 11.7. The van der Waals surface area contributed by atoms with E-state index in [-0.39, 0.29) is 36.6 Å². The zero-order chi connectivity index (χ0) is 27.7. The van der Waals surface area contributed by atoms with Gasteiger partial charge in [0.25, 0.3) is 0 Å². The molecule has 0 fully saturated rings. The smallest absolute Gasteiger partial charge is 0.209 e. The van der Waals surface area contributed by atoms with Crippen LogP contribution in [0.4, 0.5) is 0 Å². The Morgan fingerprint density at radius 2 is 1.81 bits per heavy atom. The Kier molecular flexibility index (Phi) is 9.45. The van der Waals surface area contributed by atoms with Gasteiger partial charge in [0.05, 0.1) is 24.4 Å². The molecule has 6 heteroatoms. The maximum atomic E-state index is 12.3. The standard InChI is InChI=1S/C31H49NO5/c1-19(2)32(20(3)4)29(30(8,9)35)11-10-21(5)12-25-13-22(6)16-31(36-25)17-24(18-33)26-15-27(34)23(7)14-28(26)37-31/h12,14,16-17,19-20,25-26,28-29,33,35H,10-11,13,15,18H2,1-9H3/t25-,26-,28-,29?,31+/m1/s1. The first kappa shape index (κ1) is 30.0. The molecule has 0 saturated heterocycles. The molecule has 2 aliphatic heterocycles. The molecule has 0 radical (unpaired) electrons. The van der Waals surface area contributed by atoms with E-state index in [2.05, 4.69) is 52.5 Å². The Morgan fingerprint density at radius 3 is 2.38 bits per heavy atom. The highest BCUT2D eigenvalue weighted by Crippen LogP contribution is 2.42. The minimum absolute atomic E-state index is 0.0359. The van der Waals surface area contributed by atoms with Crippen molar-refractivity contribution in [2.24, 2.45) is 5.92 Å². The summed E-state index contributed by atoms with van der Waals surface area (Å²) < 4.78 is 13.1. The van der Waals surface area contributed by atoms with Crippen molar-refractivity contribution in [1.82, 2.24) is 4.90 Å². The first-order chi connectivity index (χ1) is 17.2. The lowest BCUT2D eigenvalue weighted by Gasteiger charge is -2.45. The highest BCUT2D eigenvalue weighted by molar-refractivity contribution is 5.96. The van der Waals surface area contributed by atoms with Gasteiger partial charge in [0.2, 0.25) is 5.79 Å². The number of aliphatic hydroxyl groups excluding tert-OH is 1. The zero-order valence-corrected chi connectivity index (χ0v) is 24.4. The summed E-state index contributed by atoms with van der Waals surface area (Å²) in [5, 5.41) is 21.1. The molecule has 0 amide bonds. The van der Waals surface area contributed by atoms with Crippen LogP contribution >= 0.6 is 0 Å². The molecule has 3 aliphatic rings. The number of nitrogens with zero attached hydrogens (tertiary/aromatic N) is 1. The Hall–Kier alpha value is -1.57. The number of hydrogen-bond donors (Lipinski definition) is 2. The van der Waals surface area contributed by atoms with Crippen LogP contribution in [0.25, 0.3) is 0 Å². The average molecular weight is 516 g/mol. The van der Waals surface area contributed by atoms with Crippen molar-refractivity contribution in [1.29, 1.82) is 0 Å². The van der Waals surface area contributed by atoms with Gasteiger partial charge in [-0.1, -0.05) is 17.2 Å². The van der Waals surface area contributed by atoms with Crippen LogP contribution < -0.4 is 0 Å². The maximum Gasteiger partial charge on any atom is 0.209 e. The number of carbonyl (C=O) groups is 1. The molecule has 0 bridgehead atoms. The number of aliphatic hydroxyl groups is 2. The SMILES string of the molecule is CC(=C[C@@H]1CC(C)=C[C@]2(C=C(CO)[C@H]3CC(=O)C(C)=C[C@H]3O2)O1)CCC(N(C(C)C)C(C)C)C(C)(C)O. The average Bonchev–Trinajstić information content (AvgIpc) is 2.75. The number of hydrogen-bond acceptors (Lipinski definition) is 6. The molecule has 1 aliphatic carbocycles. The quantitative estimate of drug-likeness (QED) is 0.408. The second-order valence-electron chi connectivity index (χ2n) is 12.5. The summed E-state index contributed by atoms with van der Waals surface area (Å²) in [6.07, 6.45) is 10.3. The highest BCUT2D eigenvalue weighted by Gasteiger charge is 2.45. The van der Waals surface area contributed by atoms with Gasteiger partial charge >= 0.3 is 0 Å². The summed E-state index contributed by atoms with van der Waals surface area (Å²) in [6, 6.07) is 0.707. The lowest BCUT2D eigenvalue weighted by Crippen LogP contribution is -2.54. The highest BCUT2D eigenvalue weighted by atomic mass is 16.7. The molecule has 0 aromatic rings. The number of carbonyl (C=O) groups excluding carboxylic acids is 1. The van der Waals surface area contributed by atoms with E-state index in [4.69, 9.17) is 9.47 Å². The Morgan fingerprint density at radius 1 is 1.16 bits per heavy atom. The third kappa shape index (κ3) is 7.10. The topological polar surface area (TPSA) is 79.2 Å². The fourth-order valence-corrected chi connectivity index (χ4v) is 6.38. The first-order valence-electron chi connectivity index (χ1n) is 13.9. The van der Waals surface area contributed by atoms with Crippen LogP contribution in [0.3, 0.4) is 0 Å². The number of ketones is 1. The van der Waals surface area contributed by atoms with Gasteiger partial charge in [0.15, 0.2) is 5.78 Å². The summed E-state index contributed by atoms with van der Waals surface area (Å²) in [6.45, 7) is 18.5. The zero-order valence-electron chi connectivity index (χ0n) is 24.4. The fourth-order valence-electron chi connectivity index (χ4n) is 6.38. The van der Waals surface area contributed by atoms with Gasteiger partial charge < -0.3 is 19.7 Å². The van der Waals surface area contributed by atoms with Gasteiger partial charge in [-0.2, -0.15) is 0 Å². The van der Waals surface area contributed by atoms with Gasteiger partial charge in [0.1, 0.15) is 0 Å². The summed E-state index contributed by atoms with van der Waals surface area (Å²) in [5.74, 6) is -1.10. The molecule has 2 N–H and O–H groups in total. The van der Waals surface area contributed by atoms with E-state index in [1.165, 1.54) is 11.1 Å². The molecule has 1 spiro atoms. The van der Waals surface area contributed by atoms with E-state index in [0.29, 0.717) is 24.1 Å². The van der Waals surface area contributed by atoms with E-state index in [1.54, 1.807) is 0 Å². The molecule has 0 aromatic heterocycles. The van der Waals surface area contributed by atoms with E-state index in [1.807, 2.05) is 39.0 Å². The van der Waals surface area contributed by atoms with Crippen LogP contribution in [-0.4, -0.2) is 69.2 Å². The summed E-state index contributed by atoms with van der Waals surface area (Å²) in [5.41, 5.74) is 3.08. The van der Waals surface area contributed by atoms with Crippen molar-refractivity contribution in [2.75, 3.05) is 6.61 Å². The molecular weight excluding hydrogens is 466 g/mol. The molecule has 1 unspecified atom stereocenters. The molecule has 3 rings (SSSR count). The molecule has 2 heterocycles. The van der Waals surface area contributed by atoms with E-state index >= 15 is 0 Å². The van der Waals surface area contributed by atoms with E-state index < -0.39 is 11.4 Å². The third-order valence-electron chi connectivity index (χ3n) is 7.98. The van der Waals surface area contributed by atoms with Crippen molar-refractivity contribution in [3.63, 3.8) is 0 Å². The molecule has 0 saturated carbocycles. The maximum absolute atomic E-state index is 12.3. The molecule has 0 aromatic carbocycles. The van der Waals surface area contributed by atoms with Crippen molar-refractivity contribution in [3.8, 4) is 0 Å². The largest absolute Gasteiger partial charge is 0.392 e. The fraction of sp³-hybridized carbons (Fsp3) is 0.710. The second-order valence-corrected chi connectivity index (χ2v) is 12.5. The van der Waals surface area contributed by atoms with Crippen molar-refractivity contribution < 1.29 is 24.5 Å². The van der Waals surface area contributed by atoms with Crippen LogP contribution in [0.15, 0.2) is 46.6 Å². The van der Waals surface area contributed by atoms with Crippen LogP contribution in [0.5, 0.6) is 0 Å². The predicted molar refractivity (Wildman–Crippen MR) is 148 cm³/mol. The number of fused-ring (bicyclic) bond motifs is 1. The van der Waals surface area contributed by atoms with Gasteiger partial charge in [-0.15, -0.1) is 0 Å². The Bertz CT molecular complexity index is 959. The lowest BCUT2D eigenvalue weighted by atomic mass is 9.79. The van der Waals surface area contributed by atoms with Gasteiger partial charge in [-0.25, -0.2) is 0 Å². The van der Waals surface area contributed by atoms with Crippen LogP contribution in [0, 0.1) is 5.92 Å². The number of allylic oxidation sites excluding steroid dienone is 2. The number of ether oxygens (including phenoxy) is 2. The van der Waals surface area contributed by atoms with Crippen LogP contribution in [0.2, 0.25) is 0 Å². The monoisotopic (exact) mass is 515 g/mol. The lowest BCUT2D eigenvalue weighted by molar-refractivity contribution is -0.224. The van der Waals surface area contributed by atoms with Crippen LogP contribution in [-0.2, 0) is 14.3 Å². The van der Waals surface area contributed by atoms with Gasteiger partial charge in [-0.3, -0.25) is 9.69 Å². The number of Topliss-reactive ketones (excluding diaryl/α,β-unsaturated/α-hetero) is 1. The minimum Gasteiger partial charge on any atom is -0.392 e. The Labute approximate surface area is 224 Å². The molecular formula is C31H49NO5. The number of rotatable bonds is 9. The van der Waals surface area contributed by atoms with Crippen molar-refractivity contribution in [2.45, 2.75) is 130 Å². The third-order valence-corrected chi connectivity index (χ3v) is 7.98. The van der Waals surface area contributed by atoms with Crippen molar-refractivity contribution >= 4 is 5.78 Å². The van der Waals surface area contributed by atoms with Gasteiger partial charge in [-0.05, 0) is 111 Å². The predicted octanol–water partition coefficient (Wildman–Crippen LogP) is 5.26. The summed E-state index contributed by atoms with van der Waals surface area (Å²) >= 11 is 0. The Balaban J connectivity index is 1.79. The van der Waals surface area contributed by atoms with Gasteiger partial charge in [0, 0.05) is 30.5 Å². The van der Waals surface area contributed by atoms with E-state index in [0.717, 1.165) is 24.8 Å². The van der Waals surface area contributed by atoms with Crippen LogP contribution in [0.1, 0.15) is 88.0 Å². The molecule has 208 valence electrons. The molecule has 37 heavy (non-hydrogen) atoms. The summed E-state index contributed by atoms with van der Waals surface area (Å²) in [4.78, 5) is 14.7. The summed E-state index contributed by atoms with van der Waals surface area (Å²) in [7, 11) is 0. The van der Waals surface area contributed by atoms with Crippen molar-refractivity contribution in [3.05, 3.63) is 46.6 Å². The van der Waals surface area contributed by atoms with E-state index in [9.17, 15) is 15.0 Å². The first-order valence-corrected chi connectivity index (χ1v) is 13.9. The molecule has 6 nitrogen and oxygen atoms in total. The minimum atomic E-state index is -1.05. The molecule has 5 atom stereocenters. The normalized spacial score (nSPS) is 30.0.